The van der Waals surface area contributed by atoms with Gasteiger partial charge in [-0.05, 0) is 109 Å². The molecule has 0 fully saturated rings. The zero-order valence-corrected chi connectivity index (χ0v) is 71.3. The van der Waals surface area contributed by atoms with Crippen LogP contribution >= 0.6 is 15.6 Å². The van der Waals surface area contributed by atoms with Crippen LogP contribution in [-0.2, 0) is 55.8 Å². The third-order valence-corrected chi connectivity index (χ3v) is 20.9. The summed E-state index contributed by atoms with van der Waals surface area (Å²) >= 11 is 0. The van der Waals surface area contributed by atoms with Crippen LogP contribution in [0, 0.1) is 0 Å². The van der Waals surface area contributed by atoms with Crippen molar-refractivity contribution >= 4 is 33.6 Å². The number of carbonyl (C=O) groups is 3. The molecule has 632 valence electrons. The fourth-order valence-corrected chi connectivity index (χ4v) is 13.9. The minimum Gasteiger partial charge on any atom is -0.463 e. The lowest BCUT2D eigenvalue weighted by molar-refractivity contribution is -0.161. The predicted molar refractivity (Wildman–Crippen MR) is 454 cm³/mol. The number of phosphoric ester groups is 2. The maximum absolute atomic E-state index is 13.0. The summed E-state index contributed by atoms with van der Waals surface area (Å²) in [7, 11) is -9.79. The summed E-state index contributed by atoms with van der Waals surface area (Å²) in [5.41, 5.74) is 0. The van der Waals surface area contributed by atoms with Gasteiger partial charge in [-0.2, -0.15) is 0 Å². The van der Waals surface area contributed by atoms with E-state index in [4.69, 9.17) is 32.3 Å². The van der Waals surface area contributed by atoms with Crippen LogP contribution in [0.4, 0.5) is 0 Å². The Hall–Kier alpha value is -3.79. The van der Waals surface area contributed by atoms with Gasteiger partial charge in [0, 0.05) is 19.3 Å². The molecule has 0 saturated carbocycles. The first kappa shape index (κ1) is 105. The van der Waals surface area contributed by atoms with Crippen molar-refractivity contribution in [1.29, 1.82) is 0 Å². The minimum absolute atomic E-state index is 0.107. The number of aliphatic hydroxyl groups excluding tert-OH is 2. The lowest BCUT2D eigenvalue weighted by Gasteiger charge is -2.21. The van der Waals surface area contributed by atoms with Crippen LogP contribution < -0.4 is 0 Å². The molecule has 0 spiro atoms. The van der Waals surface area contributed by atoms with E-state index in [1.54, 1.807) is 0 Å². The molecule has 0 radical (unpaired) electrons. The highest BCUT2D eigenvalue weighted by molar-refractivity contribution is 7.47. The van der Waals surface area contributed by atoms with E-state index >= 15 is 0 Å². The number of hydrogen-bond acceptors (Lipinski definition) is 14. The molecule has 16 nitrogen and oxygen atoms in total. The summed E-state index contributed by atoms with van der Waals surface area (Å²) in [5.74, 6) is -1.56. The molecule has 0 heterocycles. The predicted octanol–water partition coefficient (Wildman–Crippen LogP) is 26.7. The minimum atomic E-state index is -4.93. The zero-order valence-electron chi connectivity index (χ0n) is 69.5. The van der Waals surface area contributed by atoms with E-state index < -0.39 is 91.5 Å². The Labute approximate surface area is 666 Å². The SMILES string of the molecule is CC/C=C\C/C=C\C/C=C\C/C=C\C/C=C\CCCCCCCCCCCC(=O)OCC(COP(=O)(O)OCC(O)COP(=O)(O)OCC(O)COC(=O)CCCCCCCCCCCCCCCCCCCCC/C=C\C/C=C\C/C=C\C/C=C\CCCCC)OC(=O)CCCCCCCCCCCCCCC. The van der Waals surface area contributed by atoms with Gasteiger partial charge in [-0.25, -0.2) is 9.13 Å². The number of unbranched alkanes of at least 4 members (excludes halogenated alkanes) is 43. The van der Waals surface area contributed by atoms with Gasteiger partial charge in [-0.3, -0.25) is 32.5 Å². The second-order valence-corrected chi connectivity index (χ2v) is 32.6. The van der Waals surface area contributed by atoms with Crippen LogP contribution in [0.1, 0.15) is 393 Å². The van der Waals surface area contributed by atoms with Gasteiger partial charge in [-0.1, -0.05) is 374 Å². The Balaban J connectivity index is 4.37. The highest BCUT2D eigenvalue weighted by atomic mass is 31.2. The molecule has 0 rings (SSSR count). The van der Waals surface area contributed by atoms with Crippen LogP contribution in [0.15, 0.2) is 109 Å². The summed E-state index contributed by atoms with van der Waals surface area (Å²) in [4.78, 5) is 58.8. The quantitative estimate of drug-likeness (QED) is 0.0146. The van der Waals surface area contributed by atoms with Crippen LogP contribution in [0.3, 0.4) is 0 Å². The molecular weight excluding hydrogens is 1410 g/mol. The molecule has 0 aromatic carbocycles. The largest absolute Gasteiger partial charge is 0.472 e. The van der Waals surface area contributed by atoms with E-state index in [9.17, 15) is 43.5 Å². The summed E-state index contributed by atoms with van der Waals surface area (Å²) in [6.45, 7) is 2.59. The normalized spacial score (nSPS) is 14.4. The first-order valence-electron chi connectivity index (χ1n) is 44.2. The highest BCUT2D eigenvalue weighted by Gasteiger charge is 2.29. The van der Waals surface area contributed by atoms with Gasteiger partial charge >= 0.3 is 33.6 Å². The van der Waals surface area contributed by atoms with E-state index in [0.29, 0.717) is 19.3 Å². The Morgan fingerprint density at radius 1 is 0.266 bits per heavy atom. The van der Waals surface area contributed by atoms with Gasteiger partial charge in [0.05, 0.1) is 26.4 Å². The van der Waals surface area contributed by atoms with Crippen molar-refractivity contribution in [2.75, 3.05) is 39.6 Å². The number of aliphatic hydroxyl groups is 2. The lowest BCUT2D eigenvalue weighted by atomic mass is 10.0. The topological polar surface area (TPSA) is 231 Å². The van der Waals surface area contributed by atoms with Crippen LogP contribution in [0.25, 0.3) is 0 Å². The van der Waals surface area contributed by atoms with E-state index in [-0.39, 0.29) is 19.3 Å². The molecule has 5 unspecified atom stereocenters. The smallest absolute Gasteiger partial charge is 0.463 e. The second-order valence-electron chi connectivity index (χ2n) is 29.7. The van der Waals surface area contributed by atoms with Crippen LogP contribution in [0.2, 0.25) is 0 Å². The van der Waals surface area contributed by atoms with Gasteiger partial charge in [0.15, 0.2) is 6.10 Å². The summed E-state index contributed by atoms with van der Waals surface area (Å²) < 4.78 is 61.3. The van der Waals surface area contributed by atoms with E-state index in [0.717, 1.165) is 128 Å². The molecule has 0 aromatic rings. The van der Waals surface area contributed by atoms with Crippen molar-refractivity contribution in [2.45, 2.75) is 411 Å². The van der Waals surface area contributed by atoms with Crippen LogP contribution in [0.5, 0.6) is 0 Å². The molecule has 0 bridgehead atoms. The molecule has 0 aliphatic carbocycles. The molecule has 0 saturated heterocycles. The first-order valence-corrected chi connectivity index (χ1v) is 47.2. The fourth-order valence-electron chi connectivity index (χ4n) is 12.3. The Morgan fingerprint density at radius 2 is 0.486 bits per heavy atom. The first-order chi connectivity index (χ1) is 53.2. The second kappa shape index (κ2) is 83.6. The summed E-state index contributed by atoms with van der Waals surface area (Å²) in [5, 5.41) is 20.7. The standard InChI is InChI=1S/C91H162O16P2/c1-4-7-10-13-16-19-22-25-27-29-31-33-35-37-38-39-40-41-42-43-44-45-46-48-50-51-53-55-57-60-62-65-68-71-74-77-89(94)101-80-86(92)81-103-108(97,98)104-82-87(93)83-105-109(99,100)106-85-88(107-91(96)79-76-73-70-67-64-59-24-21-18-15-12-9-6-3)84-102-90(95)78-75-72-69-66-63-61-58-56-54-52-49-47-36-34-32-30-28-26-23-20-17-14-11-8-5-2/h8,11,16-17,19-20,25-28,31-34,37-38,47,49,86-88,92-93H,4-7,9-10,12-15,18,21-24,29-30,35-36,39-46,48,50-85H2,1-3H3,(H,97,98)(H,99,100)/b11-8-,19-16-,20-17-,27-25-,28-26-,33-31-,34-32-,38-37-,49-47-. The number of hydrogen-bond donors (Lipinski definition) is 4. The fraction of sp³-hybridized carbons (Fsp3) is 0.769. The molecular formula is C91H162O16P2. The third kappa shape index (κ3) is 84.9. The molecule has 0 aromatic heterocycles. The van der Waals surface area contributed by atoms with Gasteiger partial charge in [0.25, 0.3) is 0 Å². The van der Waals surface area contributed by atoms with Crippen molar-refractivity contribution in [3.63, 3.8) is 0 Å². The molecule has 5 atom stereocenters. The molecule has 0 aliphatic heterocycles. The van der Waals surface area contributed by atoms with E-state index in [1.807, 2.05) is 0 Å². The lowest BCUT2D eigenvalue weighted by Crippen LogP contribution is -2.30. The maximum Gasteiger partial charge on any atom is 0.472 e. The van der Waals surface area contributed by atoms with Crippen molar-refractivity contribution in [1.82, 2.24) is 0 Å². The molecule has 0 amide bonds. The van der Waals surface area contributed by atoms with Gasteiger partial charge < -0.3 is 34.2 Å². The average Bonchev–Trinajstić information content (AvgIpc) is 0.903. The Kier molecular flexibility index (Phi) is 80.7. The van der Waals surface area contributed by atoms with Crippen LogP contribution in [-0.4, -0.2) is 95.9 Å². The van der Waals surface area contributed by atoms with Gasteiger partial charge in [-0.15, -0.1) is 0 Å². The number of carbonyl (C=O) groups excluding carboxylic acids is 3. The zero-order chi connectivity index (χ0) is 79.4. The maximum atomic E-state index is 13.0. The van der Waals surface area contributed by atoms with Gasteiger partial charge in [0.2, 0.25) is 0 Å². The van der Waals surface area contributed by atoms with E-state index in [1.165, 1.54) is 205 Å². The number of rotatable bonds is 84. The van der Waals surface area contributed by atoms with Crippen molar-refractivity contribution in [3.8, 4) is 0 Å². The van der Waals surface area contributed by atoms with Crippen molar-refractivity contribution in [2.24, 2.45) is 0 Å². The number of phosphoric acid groups is 2. The molecule has 0 aliphatic rings. The molecule has 109 heavy (non-hydrogen) atoms. The number of esters is 3. The summed E-state index contributed by atoms with van der Waals surface area (Å²) in [6, 6.07) is 0. The summed E-state index contributed by atoms with van der Waals surface area (Å²) in [6.07, 6.45) is 100. The monoisotopic (exact) mass is 1570 g/mol. The van der Waals surface area contributed by atoms with E-state index in [2.05, 4.69) is 130 Å². The molecule has 4 N–H and O–H groups in total. The van der Waals surface area contributed by atoms with Crippen molar-refractivity contribution in [3.05, 3.63) is 109 Å². The third-order valence-electron chi connectivity index (χ3n) is 19.0. The number of allylic oxidation sites excluding steroid dienone is 18. The Morgan fingerprint density at radius 3 is 0.789 bits per heavy atom. The average molecular weight is 1570 g/mol. The Bertz CT molecular complexity index is 2420. The molecule has 18 heteroatoms. The highest BCUT2D eigenvalue weighted by Crippen LogP contribution is 2.45. The van der Waals surface area contributed by atoms with Crippen molar-refractivity contribution < 1.29 is 75.8 Å². The van der Waals surface area contributed by atoms with Gasteiger partial charge in [0.1, 0.15) is 25.4 Å². The number of ether oxygens (including phenoxy) is 3.